The predicted molar refractivity (Wildman–Crippen MR) is 148 cm³/mol. The van der Waals surface area contributed by atoms with E-state index in [2.05, 4.69) is 31.3 Å². The highest BCUT2D eigenvalue weighted by Crippen LogP contribution is 2.38. The normalized spacial score (nSPS) is 14.9. The molecule has 2 heterocycles. The molecule has 0 unspecified atom stereocenters. The molecule has 4 aromatic rings. The fraction of sp³-hybridized carbons (Fsp3) is 0.321. The molecule has 1 saturated carbocycles. The van der Waals surface area contributed by atoms with Crippen LogP contribution in [0.2, 0.25) is 0 Å². The molecular weight excluding hydrogens is 537 g/mol. The van der Waals surface area contributed by atoms with Crippen LogP contribution in [0.1, 0.15) is 25.7 Å². The van der Waals surface area contributed by atoms with Crippen LogP contribution in [-0.2, 0) is 4.74 Å². The molecule has 0 spiro atoms. The molecule has 1 aliphatic carbocycles. The monoisotopic (exact) mass is 566 g/mol. The molecule has 1 aliphatic rings. The second-order valence-electron chi connectivity index (χ2n) is 9.75. The Kier molecular flexibility index (Phi) is 8.43. The van der Waals surface area contributed by atoms with E-state index in [1.807, 2.05) is 29.2 Å². The molecule has 0 aliphatic heterocycles. The molecular formula is C28H29F3N8O2. The fourth-order valence-electron chi connectivity index (χ4n) is 4.90. The van der Waals surface area contributed by atoms with Crippen LogP contribution in [0.25, 0.3) is 22.6 Å². The van der Waals surface area contributed by atoms with Crippen molar-refractivity contribution >= 4 is 23.2 Å². The van der Waals surface area contributed by atoms with E-state index in [1.165, 1.54) is 24.3 Å². The summed E-state index contributed by atoms with van der Waals surface area (Å²) in [4.78, 5) is 19.8. The van der Waals surface area contributed by atoms with E-state index in [1.54, 1.807) is 19.2 Å². The largest absolute Gasteiger partial charge is 0.383 e. The fourth-order valence-corrected chi connectivity index (χ4v) is 4.90. The molecule has 0 bridgehead atoms. The first-order chi connectivity index (χ1) is 19.8. The molecule has 13 heteroatoms. The highest BCUT2D eigenvalue weighted by atomic mass is 19.3. The van der Waals surface area contributed by atoms with Gasteiger partial charge in [0.2, 0.25) is 5.92 Å². The van der Waals surface area contributed by atoms with E-state index in [-0.39, 0.29) is 31.7 Å². The Bertz CT molecular complexity index is 1460. The molecule has 10 nitrogen and oxygen atoms in total. The molecule has 0 saturated heterocycles. The van der Waals surface area contributed by atoms with Gasteiger partial charge in [0.25, 0.3) is 0 Å². The lowest BCUT2D eigenvalue weighted by Crippen LogP contribution is -2.43. The van der Waals surface area contributed by atoms with Gasteiger partial charge in [0.1, 0.15) is 11.6 Å². The van der Waals surface area contributed by atoms with Crippen molar-refractivity contribution in [2.24, 2.45) is 0 Å². The molecule has 3 N–H and O–H groups in total. The number of H-pyrrole nitrogens is 1. The van der Waals surface area contributed by atoms with Crippen molar-refractivity contribution in [3.05, 3.63) is 66.5 Å². The van der Waals surface area contributed by atoms with Crippen LogP contribution >= 0.6 is 0 Å². The van der Waals surface area contributed by atoms with Gasteiger partial charge in [-0.25, -0.2) is 28.0 Å². The van der Waals surface area contributed by atoms with Crippen molar-refractivity contribution in [1.29, 1.82) is 0 Å². The third-order valence-corrected chi connectivity index (χ3v) is 6.93. The lowest BCUT2D eigenvalue weighted by atomic mass is 9.91. The maximum atomic E-state index is 14.0. The Labute approximate surface area is 234 Å². The number of anilines is 3. The number of nitrogens with one attached hydrogen (secondary N) is 3. The number of hydrogen-bond donors (Lipinski definition) is 3. The van der Waals surface area contributed by atoms with Gasteiger partial charge < -0.3 is 20.3 Å². The zero-order valence-corrected chi connectivity index (χ0v) is 22.3. The second kappa shape index (κ2) is 12.3. The number of amides is 2. The molecule has 41 heavy (non-hydrogen) atoms. The average molecular weight is 567 g/mol. The highest BCUT2D eigenvalue weighted by Gasteiger charge is 2.37. The number of methoxy groups -OCH3 is 1. The van der Waals surface area contributed by atoms with Gasteiger partial charge >= 0.3 is 6.03 Å². The van der Waals surface area contributed by atoms with Gasteiger partial charge in [-0.05, 0) is 53.6 Å². The van der Waals surface area contributed by atoms with Crippen LogP contribution in [0.4, 0.5) is 35.2 Å². The minimum absolute atomic E-state index is 0.192. The van der Waals surface area contributed by atoms with Crippen molar-refractivity contribution in [2.45, 2.75) is 37.6 Å². The number of nitrogens with zero attached hydrogens (tertiary/aromatic N) is 5. The summed E-state index contributed by atoms with van der Waals surface area (Å²) in [5.41, 5.74) is 2.71. The Morgan fingerprint density at radius 3 is 2.44 bits per heavy atom. The maximum Gasteiger partial charge on any atom is 0.323 e. The summed E-state index contributed by atoms with van der Waals surface area (Å²) in [7, 11) is 1.57. The van der Waals surface area contributed by atoms with Crippen LogP contribution in [0.15, 0.2) is 60.7 Å². The van der Waals surface area contributed by atoms with Crippen molar-refractivity contribution < 1.29 is 22.7 Å². The summed E-state index contributed by atoms with van der Waals surface area (Å²) in [5.74, 6) is -2.18. The summed E-state index contributed by atoms with van der Waals surface area (Å²) >= 11 is 0. The number of pyridine rings is 1. The van der Waals surface area contributed by atoms with Crippen LogP contribution in [0, 0.1) is 5.82 Å². The molecule has 214 valence electrons. The highest BCUT2D eigenvalue weighted by molar-refractivity contribution is 6.00. The topological polar surface area (TPSA) is 121 Å². The zero-order valence-electron chi connectivity index (χ0n) is 22.3. The first-order valence-electron chi connectivity index (χ1n) is 13.1. The smallest absolute Gasteiger partial charge is 0.323 e. The number of alkyl halides is 2. The number of carbonyl (C=O) groups is 1. The van der Waals surface area contributed by atoms with Gasteiger partial charge in [-0.2, -0.15) is 0 Å². The summed E-state index contributed by atoms with van der Waals surface area (Å²) in [6.45, 7) is 0.769. The van der Waals surface area contributed by atoms with Crippen molar-refractivity contribution in [1.82, 2.24) is 25.6 Å². The van der Waals surface area contributed by atoms with E-state index in [0.29, 0.717) is 53.0 Å². The molecule has 1 fully saturated rings. The number of tetrazole rings is 1. The quantitative estimate of drug-likeness (QED) is 0.236. The third-order valence-electron chi connectivity index (χ3n) is 6.93. The van der Waals surface area contributed by atoms with E-state index in [4.69, 9.17) is 9.72 Å². The van der Waals surface area contributed by atoms with Gasteiger partial charge in [-0.15, -0.1) is 5.10 Å². The van der Waals surface area contributed by atoms with Crippen molar-refractivity contribution in [3.63, 3.8) is 0 Å². The van der Waals surface area contributed by atoms with E-state index >= 15 is 0 Å². The number of ether oxygens (including phenoxy) is 1. The number of benzene rings is 2. The Morgan fingerprint density at radius 2 is 1.76 bits per heavy atom. The molecule has 0 radical (unpaired) electrons. The van der Waals surface area contributed by atoms with E-state index < -0.39 is 17.8 Å². The molecule has 2 aromatic carbocycles. The molecule has 0 atom stereocenters. The zero-order chi connectivity index (χ0) is 28.8. The number of carbonyl (C=O) groups excluding carboxylic acids is 1. The number of rotatable bonds is 9. The third kappa shape index (κ3) is 6.98. The first-order valence-corrected chi connectivity index (χ1v) is 13.1. The lowest BCUT2D eigenvalue weighted by Gasteiger charge is -2.38. The van der Waals surface area contributed by atoms with Gasteiger partial charge in [-0.1, -0.05) is 24.3 Å². The summed E-state index contributed by atoms with van der Waals surface area (Å²) in [5, 5.41) is 19.7. The standard InChI is InChI=1S/C28H29F3N8O2/c1-41-15-14-39(21-10-12-28(30,31)13-11-21)25-17-20(33-27(40)32-19-8-6-18(29)7-9-19)16-24(34-25)22-4-2-3-5-23(22)26-35-37-38-36-26/h2-9,16-17,21H,10-15H2,1H3,(H2,32,33,34,40)(H,35,36,37,38). The SMILES string of the molecule is COCCN(c1cc(NC(=O)Nc2ccc(F)cc2)cc(-c2ccccc2-c2nnn[nH]2)n1)C1CCC(F)(F)CC1. The Hall–Kier alpha value is -4.52. The number of aromatic nitrogens is 5. The number of halogens is 3. The van der Waals surface area contributed by atoms with Gasteiger partial charge in [0, 0.05) is 61.1 Å². The van der Waals surface area contributed by atoms with E-state index in [0.717, 1.165) is 0 Å². The van der Waals surface area contributed by atoms with Gasteiger partial charge in [0.05, 0.1) is 12.3 Å². The van der Waals surface area contributed by atoms with Crippen LogP contribution < -0.4 is 15.5 Å². The Morgan fingerprint density at radius 1 is 1.05 bits per heavy atom. The molecule has 2 amide bonds. The minimum atomic E-state index is -2.69. The maximum absolute atomic E-state index is 14.0. The number of urea groups is 1. The molecule has 2 aromatic heterocycles. The summed E-state index contributed by atoms with van der Waals surface area (Å²) < 4.78 is 46.7. The first kappa shape index (κ1) is 28.0. The lowest BCUT2D eigenvalue weighted by molar-refractivity contribution is -0.0383. The number of aromatic amines is 1. The van der Waals surface area contributed by atoms with Gasteiger partial charge in [-0.3, -0.25) is 0 Å². The number of hydrogen-bond acceptors (Lipinski definition) is 7. The van der Waals surface area contributed by atoms with Crippen LogP contribution in [0.5, 0.6) is 0 Å². The van der Waals surface area contributed by atoms with Crippen LogP contribution in [-0.4, -0.2) is 63.9 Å². The minimum Gasteiger partial charge on any atom is -0.383 e. The second-order valence-corrected chi connectivity index (χ2v) is 9.75. The summed E-state index contributed by atoms with van der Waals surface area (Å²) in [6, 6.07) is 15.4. The molecule has 5 rings (SSSR count). The van der Waals surface area contributed by atoms with Crippen molar-refractivity contribution in [2.75, 3.05) is 35.8 Å². The predicted octanol–water partition coefficient (Wildman–Crippen LogP) is 5.74. The van der Waals surface area contributed by atoms with Crippen molar-refractivity contribution in [3.8, 4) is 22.6 Å². The van der Waals surface area contributed by atoms with Gasteiger partial charge in [0.15, 0.2) is 5.82 Å². The Balaban J connectivity index is 1.53. The average Bonchev–Trinajstić information content (AvgIpc) is 3.50. The van der Waals surface area contributed by atoms with E-state index in [9.17, 15) is 18.0 Å². The van der Waals surface area contributed by atoms with Crippen LogP contribution in [0.3, 0.4) is 0 Å². The summed E-state index contributed by atoms with van der Waals surface area (Å²) in [6.07, 6.45) is 0.147.